The average Bonchev–Trinajstić information content (AvgIpc) is 2.34. The smallest absolute Gasteiger partial charge is 0.273 e. The molecule has 5 heteroatoms. The molecule has 1 rings (SSSR count). The summed E-state index contributed by atoms with van der Waals surface area (Å²) in [6.07, 6.45) is 2.27. The molecular formula is C12H18N2O3. The van der Waals surface area contributed by atoms with Crippen LogP contribution in [-0.4, -0.2) is 41.2 Å². The number of imide groups is 2. The predicted molar refractivity (Wildman–Crippen MR) is 63.1 cm³/mol. The zero-order chi connectivity index (χ0) is 13.2. The van der Waals surface area contributed by atoms with Gasteiger partial charge in [-0.3, -0.25) is 19.4 Å². The van der Waals surface area contributed by atoms with E-state index in [0.717, 1.165) is 9.80 Å². The molecule has 0 aromatic heterocycles. The van der Waals surface area contributed by atoms with E-state index in [0.29, 0.717) is 12.8 Å². The van der Waals surface area contributed by atoms with Crippen LogP contribution in [0.2, 0.25) is 0 Å². The minimum absolute atomic E-state index is 0.136. The molecule has 94 valence electrons. The second-order valence-corrected chi connectivity index (χ2v) is 4.14. The summed E-state index contributed by atoms with van der Waals surface area (Å²) in [6.45, 7) is 7.23. The highest BCUT2D eigenvalue weighted by molar-refractivity contribution is 6.18. The van der Waals surface area contributed by atoms with Gasteiger partial charge in [-0.15, -0.1) is 6.58 Å². The van der Waals surface area contributed by atoms with E-state index in [-0.39, 0.29) is 6.54 Å². The van der Waals surface area contributed by atoms with Crippen molar-refractivity contribution in [2.24, 2.45) is 5.41 Å². The number of nitrogens with zero attached hydrogens (tertiary/aromatic N) is 2. The average molecular weight is 238 g/mol. The lowest BCUT2D eigenvalue weighted by molar-refractivity contribution is -0.158. The van der Waals surface area contributed by atoms with Crippen molar-refractivity contribution >= 4 is 17.8 Å². The Morgan fingerprint density at radius 2 is 1.71 bits per heavy atom. The fraction of sp³-hybridized carbons (Fsp3) is 0.583. The second kappa shape index (κ2) is 4.69. The van der Waals surface area contributed by atoms with E-state index in [2.05, 4.69) is 6.58 Å². The minimum atomic E-state index is -1.09. The van der Waals surface area contributed by atoms with Crippen molar-refractivity contribution in [3.05, 3.63) is 12.7 Å². The van der Waals surface area contributed by atoms with Crippen LogP contribution >= 0.6 is 0 Å². The summed E-state index contributed by atoms with van der Waals surface area (Å²) in [7, 11) is 1.41. The van der Waals surface area contributed by atoms with Gasteiger partial charge in [0.1, 0.15) is 5.41 Å². The molecule has 0 aliphatic carbocycles. The van der Waals surface area contributed by atoms with E-state index in [4.69, 9.17) is 0 Å². The molecule has 1 aliphatic rings. The van der Waals surface area contributed by atoms with E-state index in [1.165, 1.54) is 13.1 Å². The molecule has 0 bridgehead atoms. The first kappa shape index (κ1) is 13.4. The number of urea groups is 1. The fourth-order valence-electron chi connectivity index (χ4n) is 2.17. The largest absolute Gasteiger partial charge is 0.333 e. The standard InChI is InChI=1S/C12H18N2O3/c1-5-8-14-10(16)12(6-2,7-3)9(15)13(4)11(14)17/h5H,1,6-8H2,2-4H3. The zero-order valence-corrected chi connectivity index (χ0v) is 10.5. The van der Waals surface area contributed by atoms with Crippen LogP contribution in [-0.2, 0) is 9.59 Å². The molecule has 1 saturated heterocycles. The molecule has 0 spiro atoms. The molecule has 17 heavy (non-hydrogen) atoms. The summed E-state index contributed by atoms with van der Waals surface area (Å²) in [6, 6.07) is -0.572. The van der Waals surface area contributed by atoms with Crippen molar-refractivity contribution in [1.82, 2.24) is 9.80 Å². The summed E-state index contributed by atoms with van der Waals surface area (Å²) in [4.78, 5) is 38.3. The van der Waals surface area contributed by atoms with Gasteiger partial charge in [0.15, 0.2) is 0 Å². The molecule has 5 nitrogen and oxygen atoms in total. The molecule has 0 saturated carbocycles. The van der Waals surface area contributed by atoms with Crippen molar-refractivity contribution < 1.29 is 14.4 Å². The molecule has 0 aromatic carbocycles. The molecule has 1 fully saturated rings. The van der Waals surface area contributed by atoms with Gasteiger partial charge in [0.2, 0.25) is 11.8 Å². The first-order valence-corrected chi connectivity index (χ1v) is 5.71. The first-order valence-electron chi connectivity index (χ1n) is 5.71. The van der Waals surface area contributed by atoms with Gasteiger partial charge in [0, 0.05) is 13.6 Å². The predicted octanol–water partition coefficient (Wildman–Crippen LogP) is 1.40. The Hall–Kier alpha value is -1.65. The monoisotopic (exact) mass is 238 g/mol. The second-order valence-electron chi connectivity index (χ2n) is 4.14. The van der Waals surface area contributed by atoms with Gasteiger partial charge in [0.25, 0.3) is 0 Å². The topological polar surface area (TPSA) is 57.7 Å². The third-order valence-corrected chi connectivity index (χ3v) is 3.41. The summed E-state index contributed by atoms with van der Waals surface area (Å²) in [5.41, 5.74) is -1.09. The number of rotatable bonds is 4. The zero-order valence-electron chi connectivity index (χ0n) is 10.5. The lowest BCUT2D eigenvalue weighted by Crippen LogP contribution is -2.63. The lowest BCUT2D eigenvalue weighted by Gasteiger charge is -2.41. The molecule has 0 unspecified atom stereocenters. The van der Waals surface area contributed by atoms with Gasteiger partial charge in [-0.1, -0.05) is 19.9 Å². The van der Waals surface area contributed by atoms with Crippen molar-refractivity contribution in [3.63, 3.8) is 0 Å². The molecule has 4 amide bonds. The van der Waals surface area contributed by atoms with Crippen molar-refractivity contribution in [2.45, 2.75) is 26.7 Å². The quantitative estimate of drug-likeness (QED) is 0.549. The van der Waals surface area contributed by atoms with Crippen LogP contribution in [0, 0.1) is 5.41 Å². The van der Waals surface area contributed by atoms with Gasteiger partial charge in [-0.25, -0.2) is 4.79 Å². The van der Waals surface area contributed by atoms with Gasteiger partial charge >= 0.3 is 6.03 Å². The Labute approximate surface area is 101 Å². The number of carbonyl (C=O) groups excluding carboxylic acids is 3. The third kappa shape index (κ3) is 1.75. The number of hydrogen-bond donors (Lipinski definition) is 0. The maximum atomic E-state index is 12.3. The third-order valence-electron chi connectivity index (χ3n) is 3.41. The van der Waals surface area contributed by atoms with Gasteiger partial charge in [-0.05, 0) is 12.8 Å². The molecule has 0 atom stereocenters. The molecule has 0 radical (unpaired) electrons. The highest BCUT2D eigenvalue weighted by Crippen LogP contribution is 2.35. The van der Waals surface area contributed by atoms with E-state index in [9.17, 15) is 14.4 Å². The van der Waals surface area contributed by atoms with Crippen LogP contribution in [0.1, 0.15) is 26.7 Å². The molecule has 0 N–H and O–H groups in total. The van der Waals surface area contributed by atoms with Crippen LogP contribution in [0.15, 0.2) is 12.7 Å². The van der Waals surface area contributed by atoms with Crippen LogP contribution in [0.25, 0.3) is 0 Å². The number of carbonyl (C=O) groups is 3. The Morgan fingerprint density at radius 1 is 1.18 bits per heavy atom. The van der Waals surface area contributed by atoms with Crippen LogP contribution in [0.4, 0.5) is 4.79 Å². The Kier molecular flexibility index (Phi) is 3.70. The minimum Gasteiger partial charge on any atom is -0.273 e. The van der Waals surface area contributed by atoms with E-state index < -0.39 is 23.3 Å². The highest BCUT2D eigenvalue weighted by Gasteiger charge is 2.53. The molecule has 1 heterocycles. The first-order chi connectivity index (χ1) is 7.96. The maximum Gasteiger partial charge on any atom is 0.333 e. The summed E-state index contributed by atoms with van der Waals surface area (Å²) in [5, 5.41) is 0. The van der Waals surface area contributed by atoms with Crippen molar-refractivity contribution in [2.75, 3.05) is 13.6 Å². The normalized spacial score (nSPS) is 19.8. The Bertz CT molecular complexity index is 372. The van der Waals surface area contributed by atoms with E-state index >= 15 is 0 Å². The molecular weight excluding hydrogens is 220 g/mol. The van der Waals surface area contributed by atoms with Crippen LogP contribution in [0.5, 0.6) is 0 Å². The van der Waals surface area contributed by atoms with Crippen molar-refractivity contribution in [3.8, 4) is 0 Å². The summed E-state index contributed by atoms with van der Waals surface area (Å²) < 4.78 is 0. The van der Waals surface area contributed by atoms with Crippen LogP contribution in [0.3, 0.4) is 0 Å². The van der Waals surface area contributed by atoms with Crippen LogP contribution < -0.4 is 0 Å². The van der Waals surface area contributed by atoms with Crippen molar-refractivity contribution in [1.29, 1.82) is 0 Å². The summed E-state index contributed by atoms with van der Waals surface area (Å²) >= 11 is 0. The Balaban J connectivity index is 3.24. The molecule has 0 aromatic rings. The SMILES string of the molecule is C=CCN1C(=O)N(C)C(=O)C(CC)(CC)C1=O. The van der Waals surface area contributed by atoms with E-state index in [1.807, 2.05) is 0 Å². The summed E-state index contributed by atoms with van der Waals surface area (Å²) in [5.74, 6) is -0.812. The lowest BCUT2D eigenvalue weighted by atomic mass is 9.78. The van der Waals surface area contributed by atoms with Gasteiger partial charge in [-0.2, -0.15) is 0 Å². The number of amides is 4. The Morgan fingerprint density at radius 3 is 2.12 bits per heavy atom. The highest BCUT2D eigenvalue weighted by atomic mass is 16.2. The van der Waals surface area contributed by atoms with Gasteiger partial charge < -0.3 is 0 Å². The maximum absolute atomic E-state index is 12.3. The number of hydrogen-bond acceptors (Lipinski definition) is 3. The fourth-order valence-corrected chi connectivity index (χ4v) is 2.17. The van der Waals surface area contributed by atoms with Gasteiger partial charge in [0.05, 0.1) is 0 Å². The molecule has 1 aliphatic heterocycles. The van der Waals surface area contributed by atoms with E-state index in [1.54, 1.807) is 13.8 Å². The number of barbiturate groups is 1.